The number of amides is 1. The number of carbonyl (C=O) groups excluding carboxylic acids is 1. The summed E-state index contributed by atoms with van der Waals surface area (Å²) in [5.74, 6) is -2.32. The molecule has 1 amide bonds. The van der Waals surface area contributed by atoms with Crippen LogP contribution in [0, 0.1) is 19.7 Å². The molecule has 26 heavy (non-hydrogen) atoms. The van der Waals surface area contributed by atoms with Gasteiger partial charge in [-0.2, -0.15) is 5.10 Å². The minimum absolute atomic E-state index is 0.0716. The third-order valence-corrected chi connectivity index (χ3v) is 4.24. The fourth-order valence-corrected chi connectivity index (χ4v) is 3.16. The first kappa shape index (κ1) is 17.9. The van der Waals surface area contributed by atoms with Gasteiger partial charge in [-0.05, 0) is 25.8 Å². The molecule has 1 aromatic heterocycles. The van der Waals surface area contributed by atoms with E-state index in [0.29, 0.717) is 19.5 Å². The molecule has 0 spiro atoms. The van der Waals surface area contributed by atoms with Crippen molar-refractivity contribution in [2.45, 2.75) is 40.0 Å². The van der Waals surface area contributed by atoms with Gasteiger partial charge in [-0.1, -0.05) is 29.3 Å². The van der Waals surface area contributed by atoms with E-state index >= 15 is 0 Å². The van der Waals surface area contributed by atoms with Crippen molar-refractivity contribution in [3.05, 3.63) is 52.1 Å². The van der Waals surface area contributed by atoms with Gasteiger partial charge in [-0.3, -0.25) is 4.68 Å². The van der Waals surface area contributed by atoms with E-state index in [1.807, 2.05) is 32.0 Å². The quantitative estimate of drug-likeness (QED) is 0.909. The van der Waals surface area contributed by atoms with Gasteiger partial charge in [0.2, 0.25) is 5.69 Å². The average Bonchev–Trinajstić information content (AvgIpc) is 2.75. The molecule has 1 aliphatic heterocycles. The largest absolute Gasteiger partial charge is 0.476 e. The summed E-state index contributed by atoms with van der Waals surface area (Å²) in [6.07, 6.45) is -0.0265. The van der Waals surface area contributed by atoms with Crippen molar-refractivity contribution in [1.82, 2.24) is 14.7 Å². The second kappa shape index (κ2) is 7.15. The van der Waals surface area contributed by atoms with E-state index in [1.54, 1.807) is 0 Å². The predicted molar refractivity (Wildman–Crippen MR) is 90.3 cm³/mol. The van der Waals surface area contributed by atoms with Crippen LogP contribution in [0.2, 0.25) is 0 Å². The lowest BCUT2D eigenvalue weighted by atomic mass is 10.1. The molecule has 8 heteroatoms. The number of carbonyl (C=O) groups is 2. The maximum Gasteiger partial charge on any atom is 0.410 e. The molecule has 0 fully saturated rings. The summed E-state index contributed by atoms with van der Waals surface area (Å²) in [6, 6.07) is 5.91. The zero-order valence-corrected chi connectivity index (χ0v) is 14.7. The second-order valence-corrected chi connectivity index (χ2v) is 6.46. The smallest absolute Gasteiger partial charge is 0.410 e. The summed E-state index contributed by atoms with van der Waals surface area (Å²) in [5.41, 5.74) is 2.51. The van der Waals surface area contributed by atoms with Gasteiger partial charge >= 0.3 is 12.1 Å². The molecule has 2 heterocycles. The number of nitrogens with zero attached hydrogens (tertiary/aromatic N) is 3. The van der Waals surface area contributed by atoms with Gasteiger partial charge in [0.15, 0.2) is 5.82 Å². The number of hydrogen-bond acceptors (Lipinski definition) is 4. The molecule has 0 atom stereocenters. The summed E-state index contributed by atoms with van der Waals surface area (Å²) < 4.78 is 21.0. The Kier molecular flexibility index (Phi) is 4.92. The molecule has 0 bridgehead atoms. The SMILES string of the molecule is Cc1cc(C)cc(COC(=O)N2CCCn3nc(C(=O)O)c(F)c3C2)c1. The Hall–Kier alpha value is -2.90. The van der Waals surface area contributed by atoms with Crippen LogP contribution in [0.15, 0.2) is 18.2 Å². The first-order valence-corrected chi connectivity index (χ1v) is 8.32. The van der Waals surface area contributed by atoms with Gasteiger partial charge in [0.25, 0.3) is 0 Å². The molecule has 1 N–H and O–H groups in total. The molecule has 0 aliphatic carbocycles. The fraction of sp³-hybridized carbons (Fsp3) is 0.389. The number of aromatic carboxylic acids is 1. The van der Waals surface area contributed by atoms with Crippen molar-refractivity contribution >= 4 is 12.1 Å². The number of aromatic nitrogens is 2. The van der Waals surface area contributed by atoms with E-state index < -0.39 is 23.6 Å². The summed E-state index contributed by atoms with van der Waals surface area (Å²) in [4.78, 5) is 24.8. The molecule has 1 aliphatic rings. The van der Waals surface area contributed by atoms with Crippen molar-refractivity contribution in [3.63, 3.8) is 0 Å². The third-order valence-electron chi connectivity index (χ3n) is 4.24. The van der Waals surface area contributed by atoms with Gasteiger partial charge in [-0.25, -0.2) is 14.0 Å². The molecule has 0 radical (unpaired) electrons. The molecular formula is C18H20FN3O4. The van der Waals surface area contributed by atoms with Gasteiger partial charge in [0.1, 0.15) is 6.61 Å². The number of carboxylic acid groups (broad SMARTS) is 1. The highest BCUT2D eigenvalue weighted by molar-refractivity contribution is 5.85. The Morgan fingerprint density at radius 2 is 1.92 bits per heavy atom. The van der Waals surface area contributed by atoms with Crippen molar-refractivity contribution in [2.24, 2.45) is 0 Å². The van der Waals surface area contributed by atoms with Gasteiger partial charge in [-0.15, -0.1) is 0 Å². The molecule has 138 valence electrons. The fourth-order valence-electron chi connectivity index (χ4n) is 3.16. The lowest BCUT2D eigenvalue weighted by Crippen LogP contribution is -2.31. The summed E-state index contributed by atoms with van der Waals surface area (Å²) in [5, 5.41) is 12.8. The Morgan fingerprint density at radius 1 is 1.23 bits per heavy atom. The van der Waals surface area contributed by atoms with E-state index in [2.05, 4.69) is 5.10 Å². The number of halogens is 1. The van der Waals surface area contributed by atoms with Crippen LogP contribution in [0.3, 0.4) is 0 Å². The van der Waals surface area contributed by atoms with Crippen LogP contribution in [0.5, 0.6) is 0 Å². The number of rotatable bonds is 3. The van der Waals surface area contributed by atoms with Crippen LogP contribution < -0.4 is 0 Å². The highest BCUT2D eigenvalue weighted by atomic mass is 19.1. The standard InChI is InChI=1S/C18H20FN3O4/c1-11-6-12(2)8-13(7-11)10-26-18(25)21-4-3-5-22-14(9-21)15(19)16(20-22)17(23)24/h6-8H,3-5,9-10H2,1-2H3,(H,23,24). The maximum absolute atomic E-state index is 14.3. The molecule has 1 aromatic carbocycles. The molecule has 0 unspecified atom stereocenters. The number of benzene rings is 1. The molecule has 2 aromatic rings. The van der Waals surface area contributed by atoms with Crippen LogP contribution in [0.4, 0.5) is 9.18 Å². The van der Waals surface area contributed by atoms with Crippen LogP contribution in [0.25, 0.3) is 0 Å². The first-order valence-electron chi connectivity index (χ1n) is 8.32. The van der Waals surface area contributed by atoms with Gasteiger partial charge < -0.3 is 14.7 Å². The minimum Gasteiger partial charge on any atom is -0.476 e. The van der Waals surface area contributed by atoms with Gasteiger partial charge in [0.05, 0.1) is 12.2 Å². The maximum atomic E-state index is 14.3. The highest BCUT2D eigenvalue weighted by Gasteiger charge is 2.28. The van der Waals surface area contributed by atoms with E-state index in [9.17, 15) is 14.0 Å². The Bertz CT molecular complexity index is 842. The van der Waals surface area contributed by atoms with Crippen LogP contribution in [-0.4, -0.2) is 38.4 Å². The number of ether oxygens (including phenoxy) is 1. The number of carboxylic acids is 1. The minimum atomic E-state index is -1.42. The average molecular weight is 361 g/mol. The molecule has 7 nitrogen and oxygen atoms in total. The number of hydrogen-bond donors (Lipinski definition) is 1. The number of aryl methyl sites for hydroxylation is 3. The predicted octanol–water partition coefficient (Wildman–Crippen LogP) is 2.88. The van der Waals surface area contributed by atoms with Crippen molar-refractivity contribution in [1.29, 1.82) is 0 Å². The van der Waals surface area contributed by atoms with Crippen LogP contribution in [-0.2, 0) is 24.4 Å². The first-order chi connectivity index (χ1) is 12.3. The Labute approximate surface area is 150 Å². The van der Waals surface area contributed by atoms with Crippen LogP contribution >= 0.6 is 0 Å². The van der Waals surface area contributed by atoms with Crippen LogP contribution in [0.1, 0.15) is 39.3 Å². The Balaban J connectivity index is 1.71. The monoisotopic (exact) mass is 361 g/mol. The van der Waals surface area contributed by atoms with Crippen molar-refractivity contribution in [3.8, 4) is 0 Å². The molecule has 0 saturated heterocycles. The van der Waals surface area contributed by atoms with E-state index in [0.717, 1.165) is 16.7 Å². The zero-order valence-electron chi connectivity index (χ0n) is 14.7. The van der Waals surface area contributed by atoms with E-state index in [1.165, 1.54) is 9.58 Å². The number of fused-ring (bicyclic) bond motifs is 1. The van der Waals surface area contributed by atoms with Crippen molar-refractivity contribution < 1.29 is 23.8 Å². The lowest BCUT2D eigenvalue weighted by molar-refractivity contribution is 0.0684. The summed E-state index contributed by atoms with van der Waals surface area (Å²) in [6.45, 7) is 4.73. The molecule has 0 saturated carbocycles. The highest BCUT2D eigenvalue weighted by Crippen LogP contribution is 2.20. The summed E-state index contributed by atoms with van der Waals surface area (Å²) in [7, 11) is 0. The summed E-state index contributed by atoms with van der Waals surface area (Å²) >= 11 is 0. The van der Waals surface area contributed by atoms with Crippen molar-refractivity contribution in [2.75, 3.05) is 6.54 Å². The Morgan fingerprint density at radius 3 is 2.58 bits per heavy atom. The second-order valence-electron chi connectivity index (χ2n) is 6.46. The van der Waals surface area contributed by atoms with E-state index in [4.69, 9.17) is 9.84 Å². The molecular weight excluding hydrogens is 341 g/mol. The third kappa shape index (κ3) is 3.68. The zero-order chi connectivity index (χ0) is 18.8. The topological polar surface area (TPSA) is 84.7 Å². The van der Waals surface area contributed by atoms with E-state index in [-0.39, 0.29) is 18.8 Å². The molecule has 3 rings (SSSR count). The lowest BCUT2D eigenvalue weighted by Gasteiger charge is -2.19. The van der Waals surface area contributed by atoms with Gasteiger partial charge in [0, 0.05) is 13.1 Å². The normalized spacial score (nSPS) is 13.9.